The Labute approximate surface area is 210 Å². The smallest absolute Gasteiger partial charge is 0.161 e. The van der Waals surface area contributed by atoms with Crippen molar-refractivity contribution in [2.75, 3.05) is 46.6 Å². The highest BCUT2D eigenvalue weighted by molar-refractivity contribution is 6.30. The largest absolute Gasteiger partial charge is 0.493 e. The Balaban J connectivity index is 1.32. The second-order valence-corrected chi connectivity index (χ2v) is 9.12. The van der Waals surface area contributed by atoms with Gasteiger partial charge in [0.25, 0.3) is 0 Å². The van der Waals surface area contributed by atoms with E-state index in [1.165, 1.54) is 0 Å². The predicted octanol–water partition coefficient (Wildman–Crippen LogP) is 3.66. The molecule has 1 fully saturated rings. The Hall–Kier alpha value is -2.78. The summed E-state index contributed by atoms with van der Waals surface area (Å²) in [6.07, 6.45) is 4.55. The second-order valence-electron chi connectivity index (χ2n) is 8.69. The third-order valence-corrected chi connectivity index (χ3v) is 6.00. The van der Waals surface area contributed by atoms with Gasteiger partial charge in [0.2, 0.25) is 0 Å². The molecule has 1 aromatic heterocycles. The summed E-state index contributed by atoms with van der Waals surface area (Å²) >= 11 is 5.94. The first kappa shape index (κ1) is 25.3. The highest BCUT2D eigenvalue weighted by Gasteiger charge is 2.33. The summed E-state index contributed by atoms with van der Waals surface area (Å²) in [5, 5.41) is 16.0. The maximum Gasteiger partial charge on any atom is 0.161 e. The molecule has 0 amide bonds. The Kier molecular flexibility index (Phi) is 8.87. The van der Waals surface area contributed by atoms with Crippen molar-refractivity contribution in [2.45, 2.75) is 25.1 Å². The Morgan fingerprint density at radius 3 is 2.77 bits per heavy atom. The minimum atomic E-state index is -1.13. The lowest BCUT2D eigenvalue weighted by Gasteiger charge is -2.30. The van der Waals surface area contributed by atoms with E-state index in [-0.39, 0.29) is 13.2 Å². The average Bonchev–Trinajstić information content (AvgIpc) is 3.31. The van der Waals surface area contributed by atoms with Gasteiger partial charge in [0.05, 0.1) is 26.9 Å². The van der Waals surface area contributed by atoms with Crippen molar-refractivity contribution in [1.82, 2.24) is 14.7 Å². The number of β-amino-alcohol motifs (C(OH)–C–C–N with tert-alkyl or cyclic N) is 1. The van der Waals surface area contributed by atoms with Gasteiger partial charge in [-0.05, 0) is 48.0 Å². The summed E-state index contributed by atoms with van der Waals surface area (Å²) in [7, 11) is 1.64. The Morgan fingerprint density at radius 1 is 1.14 bits per heavy atom. The van der Waals surface area contributed by atoms with Crippen LogP contribution in [0.2, 0.25) is 5.02 Å². The normalized spacial score (nSPS) is 18.7. The number of ether oxygens (including phenoxy) is 4. The molecule has 0 radical (unpaired) electrons. The van der Waals surface area contributed by atoms with E-state index in [9.17, 15) is 5.11 Å². The standard InChI is InChI=1S/C26H32ClN3O5/c1-32-25-16-21(4-9-24(25)34-14-3-12-30-11-2-10-28-30)17-29-13-15-33-19-26(31,18-29)20-35-23-7-5-22(27)6-8-23/h2,4-11,16,31H,3,12-15,17-20H2,1H3. The van der Waals surface area contributed by atoms with E-state index in [1.54, 1.807) is 37.6 Å². The van der Waals surface area contributed by atoms with Crippen molar-refractivity contribution in [3.05, 3.63) is 71.5 Å². The summed E-state index contributed by atoms with van der Waals surface area (Å²) in [5.41, 5.74) is -0.0636. The number of aliphatic hydroxyl groups is 1. The molecule has 1 N–H and O–H groups in total. The number of methoxy groups -OCH3 is 1. The molecule has 35 heavy (non-hydrogen) atoms. The number of nitrogens with zero attached hydrogens (tertiary/aromatic N) is 3. The van der Waals surface area contributed by atoms with E-state index in [4.69, 9.17) is 30.5 Å². The molecular formula is C26H32ClN3O5. The number of benzene rings is 2. The fourth-order valence-corrected chi connectivity index (χ4v) is 4.12. The second kappa shape index (κ2) is 12.3. The molecule has 1 unspecified atom stereocenters. The minimum absolute atomic E-state index is 0.125. The number of hydrogen-bond acceptors (Lipinski definition) is 7. The molecule has 188 valence electrons. The Bertz CT molecular complexity index is 1050. The highest BCUT2D eigenvalue weighted by Crippen LogP contribution is 2.29. The van der Waals surface area contributed by atoms with Crippen LogP contribution >= 0.6 is 11.6 Å². The predicted molar refractivity (Wildman–Crippen MR) is 133 cm³/mol. The first-order valence-electron chi connectivity index (χ1n) is 11.7. The van der Waals surface area contributed by atoms with Crippen molar-refractivity contribution >= 4 is 11.6 Å². The van der Waals surface area contributed by atoms with E-state index in [0.717, 1.165) is 18.5 Å². The van der Waals surface area contributed by atoms with Crippen molar-refractivity contribution < 1.29 is 24.1 Å². The fraction of sp³-hybridized carbons (Fsp3) is 0.423. The van der Waals surface area contributed by atoms with Crippen molar-refractivity contribution in [1.29, 1.82) is 0 Å². The van der Waals surface area contributed by atoms with Gasteiger partial charge in [0, 0.05) is 50.0 Å². The van der Waals surface area contributed by atoms with E-state index < -0.39 is 5.60 Å². The van der Waals surface area contributed by atoms with Crippen LogP contribution in [0.5, 0.6) is 17.2 Å². The van der Waals surface area contributed by atoms with Crippen LogP contribution in [0.4, 0.5) is 0 Å². The third-order valence-electron chi connectivity index (χ3n) is 5.74. The lowest BCUT2D eigenvalue weighted by atomic mass is 10.1. The average molecular weight is 502 g/mol. The molecule has 2 heterocycles. The maximum atomic E-state index is 11.2. The molecular weight excluding hydrogens is 470 g/mol. The molecule has 1 aliphatic rings. The molecule has 8 nitrogen and oxygen atoms in total. The quantitative estimate of drug-likeness (QED) is 0.402. The van der Waals surface area contributed by atoms with Gasteiger partial charge in [-0.2, -0.15) is 5.10 Å². The molecule has 4 rings (SSSR count). The Morgan fingerprint density at radius 2 is 2.00 bits per heavy atom. The van der Waals surface area contributed by atoms with E-state index >= 15 is 0 Å². The van der Waals surface area contributed by atoms with Crippen LogP contribution in [-0.4, -0.2) is 72.0 Å². The molecule has 0 aliphatic carbocycles. The number of rotatable bonds is 11. The molecule has 1 aliphatic heterocycles. The molecule has 0 saturated carbocycles. The molecule has 1 atom stereocenters. The molecule has 3 aromatic rings. The van der Waals surface area contributed by atoms with E-state index in [1.807, 2.05) is 35.1 Å². The zero-order valence-electron chi connectivity index (χ0n) is 19.9. The van der Waals surface area contributed by atoms with Crippen LogP contribution in [0.3, 0.4) is 0 Å². The van der Waals surface area contributed by atoms with Crippen molar-refractivity contribution in [2.24, 2.45) is 0 Å². The summed E-state index contributed by atoms with van der Waals surface area (Å²) in [6.45, 7) is 4.02. The summed E-state index contributed by atoms with van der Waals surface area (Å²) in [4.78, 5) is 2.16. The molecule has 1 saturated heterocycles. The van der Waals surface area contributed by atoms with E-state index in [0.29, 0.717) is 55.1 Å². The number of halogens is 1. The monoisotopic (exact) mass is 501 g/mol. The lowest BCUT2D eigenvalue weighted by Crippen LogP contribution is -2.48. The highest BCUT2D eigenvalue weighted by atomic mass is 35.5. The van der Waals surface area contributed by atoms with Crippen LogP contribution in [0.25, 0.3) is 0 Å². The van der Waals surface area contributed by atoms with Gasteiger partial charge in [0.15, 0.2) is 11.5 Å². The van der Waals surface area contributed by atoms with Crippen molar-refractivity contribution in [3.63, 3.8) is 0 Å². The number of hydrogen-bond donors (Lipinski definition) is 1. The minimum Gasteiger partial charge on any atom is -0.493 e. The maximum absolute atomic E-state index is 11.2. The zero-order valence-corrected chi connectivity index (χ0v) is 20.7. The summed E-state index contributed by atoms with van der Waals surface area (Å²) in [5.74, 6) is 2.06. The van der Waals surface area contributed by atoms with Gasteiger partial charge in [-0.15, -0.1) is 0 Å². The summed E-state index contributed by atoms with van der Waals surface area (Å²) < 4.78 is 24.9. The van der Waals surface area contributed by atoms with Gasteiger partial charge in [-0.25, -0.2) is 0 Å². The SMILES string of the molecule is COc1cc(CN2CCOCC(O)(COc3ccc(Cl)cc3)C2)ccc1OCCCn1cccn1. The molecule has 0 bridgehead atoms. The van der Waals surface area contributed by atoms with Gasteiger partial charge in [0.1, 0.15) is 18.0 Å². The third kappa shape index (κ3) is 7.60. The topological polar surface area (TPSA) is 78.2 Å². The van der Waals surface area contributed by atoms with Crippen LogP contribution in [0.15, 0.2) is 60.9 Å². The van der Waals surface area contributed by atoms with Crippen LogP contribution in [0.1, 0.15) is 12.0 Å². The first-order valence-corrected chi connectivity index (χ1v) is 12.1. The van der Waals surface area contributed by atoms with Crippen molar-refractivity contribution in [3.8, 4) is 17.2 Å². The van der Waals surface area contributed by atoms with Crippen LogP contribution in [-0.2, 0) is 17.8 Å². The van der Waals surface area contributed by atoms with Gasteiger partial charge in [-0.3, -0.25) is 9.58 Å². The van der Waals surface area contributed by atoms with E-state index in [2.05, 4.69) is 10.00 Å². The fourth-order valence-electron chi connectivity index (χ4n) is 4.00. The van der Waals surface area contributed by atoms with Gasteiger partial charge < -0.3 is 24.1 Å². The molecule has 9 heteroatoms. The first-order chi connectivity index (χ1) is 17.0. The molecule has 2 aromatic carbocycles. The lowest BCUT2D eigenvalue weighted by molar-refractivity contribution is -0.0646. The van der Waals surface area contributed by atoms with Gasteiger partial charge in [-0.1, -0.05) is 17.7 Å². The van der Waals surface area contributed by atoms with Crippen LogP contribution in [0, 0.1) is 0 Å². The molecule has 0 spiro atoms. The number of aryl methyl sites for hydroxylation is 1. The summed E-state index contributed by atoms with van der Waals surface area (Å²) in [6, 6.07) is 15.0. The zero-order chi connectivity index (χ0) is 24.5. The van der Waals surface area contributed by atoms with Gasteiger partial charge >= 0.3 is 0 Å². The number of aromatic nitrogens is 2. The van der Waals surface area contributed by atoms with Crippen LogP contribution < -0.4 is 14.2 Å².